The van der Waals surface area contributed by atoms with Gasteiger partial charge in [-0.3, -0.25) is 14.6 Å². The zero-order valence-corrected chi connectivity index (χ0v) is 13.9. The van der Waals surface area contributed by atoms with Crippen molar-refractivity contribution >= 4 is 29.2 Å². The van der Waals surface area contributed by atoms with Crippen LogP contribution in [0.4, 0.5) is 0 Å². The smallest absolute Gasteiger partial charge is 0.321 e. The molecule has 0 aromatic carbocycles. The largest absolute Gasteiger partial charge is 0.443 e. The number of nitrogens with two attached hydrogens (primary N) is 1. The molecule has 0 radical (unpaired) electrons. The second kappa shape index (κ2) is 7.53. The molecular weight excluding hydrogens is 320 g/mol. The van der Waals surface area contributed by atoms with Crippen molar-refractivity contribution < 1.29 is 14.3 Å². The number of ether oxygens (including phenoxy) is 2. The SMILES string of the molecule is CC(C)OCCn1c(=S)[nH]c(=O)c2c1ccn2COC(=O)CN. The van der Waals surface area contributed by atoms with Gasteiger partial charge in [-0.15, -0.1) is 0 Å². The molecule has 0 saturated heterocycles. The van der Waals surface area contributed by atoms with Crippen molar-refractivity contribution in [2.45, 2.75) is 33.2 Å². The van der Waals surface area contributed by atoms with Crippen LogP contribution < -0.4 is 11.3 Å². The van der Waals surface area contributed by atoms with E-state index in [1.54, 1.807) is 16.8 Å². The highest BCUT2D eigenvalue weighted by Gasteiger charge is 2.12. The topological polar surface area (TPSA) is 104 Å². The Morgan fingerprint density at radius 2 is 2.22 bits per heavy atom. The van der Waals surface area contributed by atoms with Crippen molar-refractivity contribution in [2.24, 2.45) is 5.73 Å². The van der Waals surface area contributed by atoms with E-state index in [4.69, 9.17) is 27.4 Å². The molecule has 126 valence electrons. The van der Waals surface area contributed by atoms with Gasteiger partial charge in [0.2, 0.25) is 0 Å². The summed E-state index contributed by atoms with van der Waals surface area (Å²) < 4.78 is 14.1. The fraction of sp³-hybridized carbons (Fsp3) is 0.500. The lowest BCUT2D eigenvalue weighted by molar-refractivity contribution is -0.145. The van der Waals surface area contributed by atoms with E-state index in [0.29, 0.717) is 29.0 Å². The van der Waals surface area contributed by atoms with E-state index in [2.05, 4.69) is 4.98 Å². The Morgan fingerprint density at radius 1 is 1.48 bits per heavy atom. The first-order valence-electron chi connectivity index (χ1n) is 7.23. The van der Waals surface area contributed by atoms with Gasteiger partial charge in [0.05, 0.1) is 24.8 Å². The average molecular weight is 340 g/mol. The van der Waals surface area contributed by atoms with Gasteiger partial charge in [0.25, 0.3) is 5.56 Å². The number of aromatic amines is 1. The fourth-order valence-corrected chi connectivity index (χ4v) is 2.45. The zero-order chi connectivity index (χ0) is 17.0. The summed E-state index contributed by atoms with van der Waals surface area (Å²) in [6, 6.07) is 1.76. The fourth-order valence-electron chi connectivity index (χ4n) is 2.17. The number of esters is 1. The number of hydrogen-bond acceptors (Lipinski definition) is 6. The van der Waals surface area contributed by atoms with Crippen molar-refractivity contribution in [1.82, 2.24) is 14.1 Å². The van der Waals surface area contributed by atoms with Crippen molar-refractivity contribution in [3.05, 3.63) is 27.4 Å². The molecule has 9 heteroatoms. The van der Waals surface area contributed by atoms with Gasteiger partial charge in [-0.1, -0.05) is 0 Å². The van der Waals surface area contributed by atoms with Crippen molar-refractivity contribution in [2.75, 3.05) is 13.2 Å². The standard InChI is InChI=1S/C14H20N4O4S/c1-9(2)21-6-5-18-10-3-4-17(8-22-11(19)7-15)12(10)13(20)16-14(18)23/h3-4,9H,5-8,15H2,1-2H3,(H,16,20,23). The molecule has 0 amide bonds. The van der Waals surface area contributed by atoms with Crippen LogP contribution in [0.25, 0.3) is 11.0 Å². The maximum Gasteiger partial charge on any atom is 0.321 e. The van der Waals surface area contributed by atoms with Crippen LogP contribution in [-0.2, 0) is 27.5 Å². The minimum absolute atomic E-state index is 0.0815. The van der Waals surface area contributed by atoms with Crippen molar-refractivity contribution in [1.29, 1.82) is 0 Å². The number of aromatic nitrogens is 3. The van der Waals surface area contributed by atoms with Crippen LogP contribution in [-0.4, -0.2) is 39.3 Å². The normalized spacial score (nSPS) is 11.3. The molecule has 2 aromatic rings. The summed E-state index contributed by atoms with van der Waals surface area (Å²) in [6.45, 7) is 4.59. The molecule has 2 heterocycles. The summed E-state index contributed by atoms with van der Waals surface area (Å²) in [6.07, 6.45) is 1.78. The summed E-state index contributed by atoms with van der Waals surface area (Å²) in [4.78, 5) is 26.0. The number of H-pyrrole nitrogens is 1. The van der Waals surface area contributed by atoms with Crippen LogP contribution in [0.5, 0.6) is 0 Å². The van der Waals surface area contributed by atoms with Crippen LogP contribution in [0.2, 0.25) is 0 Å². The lowest BCUT2D eigenvalue weighted by Crippen LogP contribution is -2.21. The second-order valence-electron chi connectivity index (χ2n) is 5.20. The highest BCUT2D eigenvalue weighted by molar-refractivity contribution is 7.71. The maximum atomic E-state index is 12.2. The number of nitrogens with zero attached hydrogens (tertiary/aromatic N) is 2. The van der Waals surface area contributed by atoms with Gasteiger partial charge in [-0.25, -0.2) is 0 Å². The Hall–Kier alpha value is -1.97. The van der Waals surface area contributed by atoms with Gasteiger partial charge in [0.1, 0.15) is 5.52 Å². The van der Waals surface area contributed by atoms with E-state index in [9.17, 15) is 9.59 Å². The lowest BCUT2D eigenvalue weighted by Gasteiger charge is -2.12. The number of fused-ring (bicyclic) bond motifs is 1. The Morgan fingerprint density at radius 3 is 2.87 bits per heavy atom. The predicted octanol–water partition coefficient (Wildman–Crippen LogP) is 0.745. The number of hydrogen-bond donors (Lipinski definition) is 2. The van der Waals surface area contributed by atoms with Crippen LogP contribution in [0.1, 0.15) is 13.8 Å². The highest BCUT2D eigenvalue weighted by Crippen LogP contribution is 2.12. The summed E-state index contributed by atoms with van der Waals surface area (Å²) in [7, 11) is 0. The van der Waals surface area contributed by atoms with E-state index in [-0.39, 0.29) is 24.9 Å². The maximum absolute atomic E-state index is 12.2. The predicted molar refractivity (Wildman–Crippen MR) is 87.6 cm³/mol. The first-order valence-corrected chi connectivity index (χ1v) is 7.64. The van der Waals surface area contributed by atoms with E-state index in [1.807, 2.05) is 13.8 Å². The molecule has 0 unspecified atom stereocenters. The molecule has 23 heavy (non-hydrogen) atoms. The minimum Gasteiger partial charge on any atom is -0.443 e. The molecule has 3 N–H and O–H groups in total. The lowest BCUT2D eigenvalue weighted by atomic mass is 10.4. The van der Waals surface area contributed by atoms with Gasteiger partial charge in [0.15, 0.2) is 11.5 Å². The van der Waals surface area contributed by atoms with Crippen molar-refractivity contribution in [3.63, 3.8) is 0 Å². The first kappa shape index (κ1) is 17.4. The van der Waals surface area contributed by atoms with Gasteiger partial charge in [0, 0.05) is 12.7 Å². The minimum atomic E-state index is -0.540. The number of nitrogens with one attached hydrogen (secondary N) is 1. The average Bonchev–Trinajstić information content (AvgIpc) is 2.92. The second-order valence-corrected chi connectivity index (χ2v) is 5.59. The summed E-state index contributed by atoms with van der Waals surface area (Å²) in [5, 5.41) is 0. The molecule has 0 aliphatic carbocycles. The first-order chi connectivity index (χ1) is 10.9. The van der Waals surface area contributed by atoms with Crippen LogP contribution >= 0.6 is 12.2 Å². The molecule has 2 aromatic heterocycles. The third-order valence-electron chi connectivity index (χ3n) is 3.21. The summed E-state index contributed by atoms with van der Waals surface area (Å²) in [5.41, 5.74) is 5.90. The van der Waals surface area contributed by atoms with E-state index < -0.39 is 5.97 Å². The van der Waals surface area contributed by atoms with E-state index in [0.717, 1.165) is 0 Å². The highest BCUT2D eigenvalue weighted by atomic mass is 32.1. The molecular formula is C14H20N4O4S. The Balaban J connectivity index is 2.34. The van der Waals surface area contributed by atoms with Crippen molar-refractivity contribution in [3.8, 4) is 0 Å². The Kier molecular flexibility index (Phi) is 5.69. The van der Waals surface area contributed by atoms with Crippen LogP contribution in [0.15, 0.2) is 17.1 Å². The molecule has 0 aliphatic heterocycles. The zero-order valence-electron chi connectivity index (χ0n) is 13.1. The number of carbonyl (C=O) groups excluding carboxylic acids is 1. The Bertz CT molecular complexity index is 805. The number of rotatable bonds is 7. The van der Waals surface area contributed by atoms with Gasteiger partial charge >= 0.3 is 5.97 Å². The third kappa shape index (κ3) is 4.06. The van der Waals surface area contributed by atoms with Gasteiger partial charge in [-0.2, -0.15) is 0 Å². The molecule has 0 fully saturated rings. The molecule has 0 saturated carbocycles. The molecule has 0 atom stereocenters. The molecule has 0 aliphatic rings. The summed E-state index contributed by atoms with van der Waals surface area (Å²) in [5.74, 6) is -0.540. The quantitative estimate of drug-likeness (QED) is 0.569. The van der Waals surface area contributed by atoms with Crippen LogP contribution in [0, 0.1) is 4.77 Å². The number of carbonyl (C=O) groups is 1. The van der Waals surface area contributed by atoms with Gasteiger partial charge in [-0.05, 0) is 32.1 Å². The molecule has 0 spiro atoms. The monoisotopic (exact) mass is 340 g/mol. The van der Waals surface area contributed by atoms with E-state index >= 15 is 0 Å². The third-order valence-corrected chi connectivity index (χ3v) is 3.53. The molecule has 0 bridgehead atoms. The molecule has 2 rings (SSSR count). The van der Waals surface area contributed by atoms with Gasteiger partial charge < -0.3 is 24.3 Å². The summed E-state index contributed by atoms with van der Waals surface area (Å²) >= 11 is 5.22. The molecule has 8 nitrogen and oxygen atoms in total. The van der Waals surface area contributed by atoms with E-state index in [1.165, 1.54) is 4.57 Å². The Labute approximate surface area is 137 Å². The van der Waals surface area contributed by atoms with Crippen LogP contribution in [0.3, 0.4) is 0 Å².